The van der Waals surface area contributed by atoms with E-state index in [4.69, 9.17) is 9.47 Å². The fraction of sp³-hybridized carbons (Fsp3) is 0.273. The Balaban J connectivity index is 2.09. The molecule has 1 aromatic carbocycles. The van der Waals surface area contributed by atoms with Gasteiger partial charge in [-0.3, -0.25) is 9.59 Å². The minimum atomic E-state index is -0.842. The van der Waals surface area contributed by atoms with Crippen molar-refractivity contribution < 1.29 is 19.7 Å². The van der Waals surface area contributed by atoms with Crippen LogP contribution in [0.5, 0.6) is 23.0 Å². The molecule has 4 rings (SSSR count). The van der Waals surface area contributed by atoms with Gasteiger partial charge in [0.25, 0.3) is 11.1 Å². The lowest BCUT2D eigenvalue weighted by molar-refractivity contribution is 0.174. The van der Waals surface area contributed by atoms with Crippen LogP contribution in [0.3, 0.4) is 0 Å². The maximum Gasteiger partial charge on any atom is 0.258 e. The van der Waals surface area contributed by atoms with Gasteiger partial charge in [0, 0.05) is 43.0 Å². The van der Waals surface area contributed by atoms with Crippen LogP contribution in [0.15, 0.2) is 39.9 Å². The van der Waals surface area contributed by atoms with Gasteiger partial charge in [-0.1, -0.05) is 6.07 Å². The van der Waals surface area contributed by atoms with Crippen molar-refractivity contribution in [3.8, 4) is 23.0 Å². The van der Waals surface area contributed by atoms with Crippen LogP contribution in [0, 0.1) is 13.8 Å². The molecule has 0 fully saturated rings. The van der Waals surface area contributed by atoms with E-state index in [0.717, 1.165) is 6.07 Å². The largest absolute Gasteiger partial charge is 0.507 e. The number of fused-ring (bicyclic) bond motifs is 1. The van der Waals surface area contributed by atoms with Crippen molar-refractivity contribution in [2.24, 2.45) is 14.1 Å². The summed E-state index contributed by atoms with van der Waals surface area (Å²) in [6.07, 6.45) is 0. The van der Waals surface area contributed by atoms with Gasteiger partial charge in [-0.05, 0) is 37.6 Å². The van der Waals surface area contributed by atoms with E-state index in [9.17, 15) is 19.8 Å². The molecule has 3 aromatic rings. The molecular formula is C22H22N2O6. The predicted molar refractivity (Wildman–Crippen MR) is 110 cm³/mol. The van der Waals surface area contributed by atoms with Gasteiger partial charge >= 0.3 is 0 Å². The summed E-state index contributed by atoms with van der Waals surface area (Å²) in [7, 11) is 3.20. The summed E-state index contributed by atoms with van der Waals surface area (Å²) in [4.78, 5) is 25.3. The van der Waals surface area contributed by atoms with Crippen LogP contribution in [-0.2, 0) is 14.1 Å². The summed E-state index contributed by atoms with van der Waals surface area (Å²) in [5.41, 5.74) is 1.35. The average Bonchev–Trinajstić information content (AvgIpc) is 3.17. The number of hydrogen-bond donors (Lipinski definition) is 2. The molecule has 1 aliphatic heterocycles. The van der Waals surface area contributed by atoms with Gasteiger partial charge in [-0.2, -0.15) is 0 Å². The van der Waals surface area contributed by atoms with Crippen LogP contribution in [0.25, 0.3) is 0 Å². The van der Waals surface area contributed by atoms with Crippen molar-refractivity contribution >= 4 is 0 Å². The molecule has 0 amide bonds. The van der Waals surface area contributed by atoms with Crippen LogP contribution >= 0.6 is 0 Å². The lowest BCUT2D eigenvalue weighted by atomic mass is 9.83. The van der Waals surface area contributed by atoms with Gasteiger partial charge in [0.1, 0.15) is 11.5 Å². The molecule has 2 aromatic heterocycles. The standard InChI is InChI=1S/C22H22N2O6/c1-11-7-14(25)21(22(28)23(11)3)20(13-5-6-16-17(8-13)30-10-29-16)19-12(2)24(4)18(27)9-15(19)26/h5-9,20,25-26H,10H2,1-4H3. The molecular weight excluding hydrogens is 388 g/mol. The first kappa shape index (κ1) is 19.6. The normalized spacial score (nSPS) is 13.5. The summed E-state index contributed by atoms with van der Waals surface area (Å²) in [6.45, 7) is 3.49. The van der Waals surface area contributed by atoms with E-state index in [0.29, 0.717) is 34.0 Å². The third-order valence-electron chi connectivity index (χ3n) is 5.75. The number of pyridine rings is 2. The van der Waals surface area contributed by atoms with Gasteiger partial charge in [-0.25, -0.2) is 0 Å². The number of benzene rings is 1. The molecule has 0 radical (unpaired) electrons. The Morgan fingerprint density at radius 3 is 2.30 bits per heavy atom. The molecule has 0 spiro atoms. The Morgan fingerprint density at radius 2 is 1.57 bits per heavy atom. The van der Waals surface area contributed by atoms with Crippen LogP contribution in [0.2, 0.25) is 0 Å². The number of rotatable bonds is 3. The highest BCUT2D eigenvalue weighted by atomic mass is 16.7. The SMILES string of the molecule is Cc1c(C(c2ccc3c(c2)OCO3)c2c(O)cc(C)n(C)c2=O)c(O)cc(=O)n1C. The molecule has 1 unspecified atom stereocenters. The predicted octanol–water partition coefficient (Wildman–Crippen LogP) is 2.02. The fourth-order valence-corrected chi connectivity index (χ4v) is 3.84. The third-order valence-corrected chi connectivity index (χ3v) is 5.75. The Labute approximate surface area is 172 Å². The molecule has 8 nitrogen and oxygen atoms in total. The highest BCUT2D eigenvalue weighted by Gasteiger charge is 2.31. The first-order valence-corrected chi connectivity index (χ1v) is 9.39. The van der Waals surface area contributed by atoms with Gasteiger partial charge in [0.15, 0.2) is 11.5 Å². The van der Waals surface area contributed by atoms with Crippen LogP contribution in [-0.4, -0.2) is 26.1 Å². The Hall–Kier alpha value is -3.68. The maximum atomic E-state index is 13.2. The number of aryl methyl sites for hydroxylation is 1. The van der Waals surface area contributed by atoms with Crippen LogP contribution < -0.4 is 20.6 Å². The Morgan fingerprint density at radius 1 is 0.900 bits per heavy atom. The first-order chi connectivity index (χ1) is 14.2. The number of hydrogen-bond acceptors (Lipinski definition) is 6. The lowest BCUT2D eigenvalue weighted by Gasteiger charge is -2.24. The monoisotopic (exact) mass is 410 g/mol. The Bertz CT molecular complexity index is 1290. The first-order valence-electron chi connectivity index (χ1n) is 9.39. The molecule has 0 saturated carbocycles. The second-order valence-corrected chi connectivity index (χ2v) is 7.42. The van der Waals surface area contributed by atoms with Crippen molar-refractivity contribution in [3.63, 3.8) is 0 Å². The molecule has 0 saturated heterocycles. The smallest absolute Gasteiger partial charge is 0.258 e. The van der Waals surface area contributed by atoms with E-state index < -0.39 is 11.5 Å². The minimum absolute atomic E-state index is 0.0884. The van der Waals surface area contributed by atoms with E-state index in [2.05, 4.69) is 0 Å². The second-order valence-electron chi connectivity index (χ2n) is 7.42. The van der Waals surface area contributed by atoms with Gasteiger partial charge in [0.2, 0.25) is 6.79 Å². The summed E-state index contributed by atoms with van der Waals surface area (Å²) in [5, 5.41) is 21.5. The van der Waals surface area contributed by atoms with Crippen molar-refractivity contribution in [1.29, 1.82) is 0 Å². The van der Waals surface area contributed by atoms with Crippen molar-refractivity contribution in [3.05, 3.63) is 79.1 Å². The number of ether oxygens (including phenoxy) is 2. The minimum Gasteiger partial charge on any atom is -0.507 e. The third kappa shape index (κ3) is 2.92. The zero-order chi connectivity index (χ0) is 21.7. The van der Waals surface area contributed by atoms with Gasteiger partial charge in [-0.15, -0.1) is 0 Å². The molecule has 156 valence electrons. The van der Waals surface area contributed by atoms with Gasteiger partial charge in [0.05, 0.1) is 5.56 Å². The topological polar surface area (TPSA) is 103 Å². The molecule has 0 bridgehead atoms. The zero-order valence-electron chi connectivity index (χ0n) is 17.1. The summed E-state index contributed by atoms with van der Waals surface area (Å²) in [5.74, 6) is -0.209. The zero-order valence-corrected chi connectivity index (χ0v) is 17.1. The number of aromatic hydroxyl groups is 2. The van der Waals surface area contributed by atoms with E-state index in [1.807, 2.05) is 0 Å². The van der Waals surface area contributed by atoms with Crippen molar-refractivity contribution in [1.82, 2.24) is 9.13 Å². The molecule has 0 aliphatic carbocycles. The Kier molecular flexibility index (Phi) is 4.57. The molecule has 1 aliphatic rings. The molecule has 3 heterocycles. The quantitative estimate of drug-likeness (QED) is 0.685. The van der Waals surface area contributed by atoms with Crippen LogP contribution in [0.1, 0.15) is 34.0 Å². The van der Waals surface area contributed by atoms with E-state index in [1.54, 1.807) is 46.1 Å². The van der Waals surface area contributed by atoms with E-state index in [1.165, 1.54) is 15.2 Å². The maximum absolute atomic E-state index is 13.2. The summed E-state index contributed by atoms with van der Waals surface area (Å²) < 4.78 is 13.7. The van der Waals surface area contributed by atoms with E-state index >= 15 is 0 Å². The number of nitrogens with zero attached hydrogens (tertiary/aromatic N) is 2. The van der Waals surface area contributed by atoms with Crippen molar-refractivity contribution in [2.75, 3.05) is 6.79 Å². The highest BCUT2D eigenvalue weighted by Crippen LogP contribution is 2.43. The van der Waals surface area contributed by atoms with Crippen LogP contribution in [0.4, 0.5) is 0 Å². The van der Waals surface area contributed by atoms with Crippen molar-refractivity contribution in [2.45, 2.75) is 19.8 Å². The summed E-state index contributed by atoms with van der Waals surface area (Å²) in [6, 6.07) is 7.80. The fourth-order valence-electron chi connectivity index (χ4n) is 3.84. The van der Waals surface area contributed by atoms with E-state index in [-0.39, 0.29) is 29.4 Å². The number of aromatic nitrogens is 2. The highest BCUT2D eigenvalue weighted by molar-refractivity contribution is 5.56. The summed E-state index contributed by atoms with van der Waals surface area (Å²) >= 11 is 0. The van der Waals surface area contributed by atoms with Gasteiger partial charge < -0.3 is 28.8 Å². The average molecular weight is 410 g/mol. The lowest BCUT2D eigenvalue weighted by Crippen LogP contribution is -2.28. The second kappa shape index (κ2) is 6.98. The molecule has 30 heavy (non-hydrogen) atoms. The molecule has 8 heteroatoms. The molecule has 1 atom stereocenters. The molecule has 2 N–H and O–H groups in total.